The number of hydrogen-bond acceptors (Lipinski definition) is 7. The molecule has 0 bridgehead atoms. The molecule has 1 heterocycles. The van der Waals surface area contributed by atoms with Crippen molar-refractivity contribution in [1.29, 1.82) is 0 Å². The zero-order chi connectivity index (χ0) is 33.5. The van der Waals surface area contributed by atoms with Crippen molar-refractivity contribution in [3.63, 3.8) is 0 Å². The molecule has 45 heavy (non-hydrogen) atoms. The molecule has 3 amide bonds. The van der Waals surface area contributed by atoms with Crippen LogP contribution in [0.1, 0.15) is 131 Å². The Hall–Kier alpha value is -2.91. The van der Waals surface area contributed by atoms with Crippen molar-refractivity contribution in [1.82, 2.24) is 15.1 Å². The molecule has 1 N–H and O–H groups in total. The van der Waals surface area contributed by atoms with E-state index < -0.39 is 29.4 Å². The quantitative estimate of drug-likeness (QED) is 0.0866. The van der Waals surface area contributed by atoms with Crippen molar-refractivity contribution in [2.75, 3.05) is 39.3 Å². The maximum absolute atomic E-state index is 12.8. The van der Waals surface area contributed by atoms with Crippen LogP contribution < -0.4 is 5.32 Å². The number of nitrogens with zero attached hydrogens (tertiary/aromatic N) is 2. The fourth-order valence-electron chi connectivity index (χ4n) is 5.35. The molecule has 1 saturated heterocycles. The molecular weight excluding hydrogens is 574 g/mol. The topological polar surface area (TPSA) is 122 Å². The van der Waals surface area contributed by atoms with Crippen LogP contribution in [-0.4, -0.2) is 84.9 Å². The molecule has 0 spiro atoms. The molecule has 0 saturated carbocycles. The number of allylic oxidation sites excluding steroid dienone is 2. The van der Waals surface area contributed by atoms with E-state index in [2.05, 4.69) is 24.4 Å². The molecule has 0 aromatic heterocycles. The molecule has 0 aromatic carbocycles. The second kappa shape index (κ2) is 23.4. The first-order valence-electron chi connectivity index (χ1n) is 17.3. The normalized spacial score (nSPS) is 14.3. The van der Waals surface area contributed by atoms with E-state index in [0.29, 0.717) is 32.6 Å². The summed E-state index contributed by atoms with van der Waals surface area (Å²) in [6, 6.07) is 0. The van der Waals surface area contributed by atoms with Gasteiger partial charge in [-0.1, -0.05) is 84.3 Å². The van der Waals surface area contributed by atoms with Gasteiger partial charge in [0, 0.05) is 64.8 Å². The lowest BCUT2D eigenvalue weighted by molar-refractivity contribution is -0.166. The Balaban J connectivity index is 2.20. The molecule has 1 unspecified atom stereocenters. The third-order valence-corrected chi connectivity index (χ3v) is 8.15. The summed E-state index contributed by atoms with van der Waals surface area (Å²) in [7, 11) is 0. The molecule has 0 aliphatic carbocycles. The van der Waals surface area contributed by atoms with Crippen LogP contribution in [0.3, 0.4) is 0 Å². The van der Waals surface area contributed by atoms with Crippen LogP contribution in [0.25, 0.3) is 0 Å². The standard InChI is InChI=1S/C35H61N3O7/c1-6-7-8-9-10-11-12-13-14-15-16-17-18-19-20-21-31(41)37-24-26-38(27-25-37)32(42)22-23-36-34(43)33(45-30(3)40)35(4,5)28-44-29(2)39/h13-14,33H,6-12,15-28H2,1-5H3,(H,36,43). The Morgan fingerprint density at radius 3 is 1.71 bits per heavy atom. The van der Waals surface area contributed by atoms with Crippen LogP contribution in [-0.2, 0) is 33.4 Å². The van der Waals surface area contributed by atoms with E-state index in [1.54, 1.807) is 18.7 Å². The molecule has 1 fully saturated rings. The van der Waals surface area contributed by atoms with Crippen molar-refractivity contribution in [2.45, 2.75) is 137 Å². The fourth-order valence-corrected chi connectivity index (χ4v) is 5.35. The van der Waals surface area contributed by atoms with Gasteiger partial charge in [-0.3, -0.25) is 24.0 Å². The lowest BCUT2D eigenvalue weighted by atomic mass is 9.86. The van der Waals surface area contributed by atoms with Crippen molar-refractivity contribution in [2.24, 2.45) is 5.41 Å². The average molecular weight is 636 g/mol. The van der Waals surface area contributed by atoms with Crippen LogP contribution >= 0.6 is 0 Å². The number of nitrogens with one attached hydrogen (secondary N) is 1. The van der Waals surface area contributed by atoms with Gasteiger partial charge in [0.1, 0.15) is 6.61 Å². The first-order chi connectivity index (χ1) is 21.5. The maximum Gasteiger partial charge on any atom is 0.303 e. The monoisotopic (exact) mass is 635 g/mol. The minimum absolute atomic E-state index is 0.0771. The summed E-state index contributed by atoms with van der Waals surface area (Å²) in [5.41, 5.74) is -0.960. The lowest BCUT2D eigenvalue weighted by Crippen LogP contribution is -2.51. The number of carbonyl (C=O) groups is 5. The first-order valence-corrected chi connectivity index (χ1v) is 17.3. The predicted octanol–water partition coefficient (Wildman–Crippen LogP) is 5.72. The van der Waals surface area contributed by atoms with Gasteiger partial charge in [0.05, 0.1) is 0 Å². The Kier molecular flexibility index (Phi) is 20.9. The number of amides is 3. The first kappa shape index (κ1) is 40.1. The molecular formula is C35H61N3O7. The van der Waals surface area contributed by atoms with Crippen LogP contribution in [0.5, 0.6) is 0 Å². The minimum Gasteiger partial charge on any atom is -0.465 e. The zero-order valence-corrected chi connectivity index (χ0v) is 28.8. The Bertz CT molecular complexity index is 926. The second-order valence-corrected chi connectivity index (χ2v) is 12.9. The van der Waals surface area contributed by atoms with Gasteiger partial charge in [-0.05, 0) is 32.1 Å². The molecule has 10 heteroatoms. The Labute approximate surface area is 272 Å². The van der Waals surface area contributed by atoms with Crippen molar-refractivity contribution in [3.8, 4) is 0 Å². The number of hydrogen-bond donors (Lipinski definition) is 1. The largest absolute Gasteiger partial charge is 0.465 e. The number of piperazine rings is 1. The van der Waals surface area contributed by atoms with E-state index in [1.165, 1.54) is 71.6 Å². The van der Waals surface area contributed by atoms with Gasteiger partial charge in [-0.25, -0.2) is 0 Å². The molecule has 258 valence electrons. The lowest BCUT2D eigenvalue weighted by Gasteiger charge is -2.35. The average Bonchev–Trinajstić information content (AvgIpc) is 3.00. The van der Waals surface area contributed by atoms with Gasteiger partial charge in [0.15, 0.2) is 6.10 Å². The Morgan fingerprint density at radius 2 is 1.20 bits per heavy atom. The number of ether oxygens (including phenoxy) is 2. The van der Waals surface area contributed by atoms with Crippen molar-refractivity contribution in [3.05, 3.63) is 12.2 Å². The molecule has 0 aromatic rings. The highest BCUT2D eigenvalue weighted by Crippen LogP contribution is 2.25. The van der Waals surface area contributed by atoms with Gasteiger partial charge >= 0.3 is 11.9 Å². The molecule has 1 aliphatic rings. The highest BCUT2D eigenvalue weighted by atomic mass is 16.6. The van der Waals surface area contributed by atoms with Gasteiger partial charge in [0.2, 0.25) is 11.8 Å². The smallest absolute Gasteiger partial charge is 0.303 e. The van der Waals surface area contributed by atoms with E-state index in [-0.39, 0.29) is 31.4 Å². The van der Waals surface area contributed by atoms with E-state index in [9.17, 15) is 24.0 Å². The van der Waals surface area contributed by atoms with E-state index >= 15 is 0 Å². The molecule has 1 atom stereocenters. The van der Waals surface area contributed by atoms with Gasteiger partial charge in [-0.15, -0.1) is 0 Å². The van der Waals surface area contributed by atoms with Crippen LogP contribution in [0.2, 0.25) is 0 Å². The highest BCUT2D eigenvalue weighted by Gasteiger charge is 2.39. The number of rotatable bonds is 23. The summed E-state index contributed by atoms with van der Waals surface area (Å²) in [4.78, 5) is 64.5. The van der Waals surface area contributed by atoms with E-state index in [1.807, 2.05) is 4.90 Å². The van der Waals surface area contributed by atoms with Crippen molar-refractivity contribution < 1.29 is 33.4 Å². The third kappa shape index (κ3) is 18.6. The van der Waals surface area contributed by atoms with Crippen LogP contribution in [0, 0.1) is 5.41 Å². The van der Waals surface area contributed by atoms with Crippen LogP contribution in [0.4, 0.5) is 0 Å². The summed E-state index contributed by atoms with van der Waals surface area (Å²) in [5, 5.41) is 2.67. The van der Waals surface area contributed by atoms with Crippen LogP contribution in [0.15, 0.2) is 12.2 Å². The summed E-state index contributed by atoms with van der Waals surface area (Å²) in [6.07, 6.45) is 20.1. The number of unbranched alkanes of at least 4 members (excludes halogenated alkanes) is 11. The summed E-state index contributed by atoms with van der Waals surface area (Å²) >= 11 is 0. The third-order valence-electron chi connectivity index (χ3n) is 8.15. The number of carbonyl (C=O) groups excluding carboxylic acids is 5. The Morgan fingerprint density at radius 1 is 0.711 bits per heavy atom. The van der Waals surface area contributed by atoms with Gasteiger partial charge in [0.25, 0.3) is 5.91 Å². The van der Waals surface area contributed by atoms with E-state index in [0.717, 1.165) is 25.7 Å². The molecule has 0 radical (unpaired) electrons. The number of esters is 2. The van der Waals surface area contributed by atoms with Gasteiger partial charge in [-0.2, -0.15) is 0 Å². The summed E-state index contributed by atoms with van der Waals surface area (Å²) in [5.74, 6) is -1.64. The molecule has 1 rings (SSSR count). The van der Waals surface area contributed by atoms with Crippen molar-refractivity contribution >= 4 is 29.7 Å². The SMILES string of the molecule is CCCCCCCCC=CCCCCCCCC(=O)N1CCN(C(=O)CCNC(=O)C(OC(C)=O)C(C)(C)COC(C)=O)CC1. The second-order valence-electron chi connectivity index (χ2n) is 12.9. The summed E-state index contributed by atoms with van der Waals surface area (Å²) in [6.45, 7) is 9.98. The maximum atomic E-state index is 12.8. The fraction of sp³-hybridized carbons (Fsp3) is 0.800. The highest BCUT2D eigenvalue weighted by molar-refractivity contribution is 5.85. The molecule has 10 nitrogen and oxygen atoms in total. The summed E-state index contributed by atoms with van der Waals surface area (Å²) < 4.78 is 10.3. The predicted molar refractivity (Wildman–Crippen MR) is 176 cm³/mol. The zero-order valence-electron chi connectivity index (χ0n) is 28.8. The van der Waals surface area contributed by atoms with Gasteiger partial charge < -0.3 is 24.6 Å². The molecule has 1 aliphatic heterocycles. The van der Waals surface area contributed by atoms with E-state index in [4.69, 9.17) is 9.47 Å². The minimum atomic E-state index is -1.18.